The number of hydrogen-bond donors (Lipinski definition) is 2. The summed E-state index contributed by atoms with van der Waals surface area (Å²) in [5.74, 6) is -0.736. The number of rotatable bonds is 5. The van der Waals surface area contributed by atoms with E-state index < -0.39 is 43.1 Å². The lowest BCUT2D eigenvalue weighted by Gasteiger charge is -2.27. The van der Waals surface area contributed by atoms with Gasteiger partial charge in [0.1, 0.15) is 24.4 Å². The molecular formula is C12H20O6. The Bertz CT molecular complexity index is 305. The van der Waals surface area contributed by atoms with Crippen molar-refractivity contribution in [3.8, 4) is 0 Å². The normalized spacial score (nSPS) is 39.6. The van der Waals surface area contributed by atoms with Crippen LogP contribution in [-0.2, 0) is 18.9 Å². The van der Waals surface area contributed by atoms with Crippen LogP contribution >= 0.6 is 0 Å². The summed E-state index contributed by atoms with van der Waals surface area (Å²) in [6.45, 7) is 7.07. The SMILES string of the molecule is C=CCO[C@H]1[C@@H]([C@H](O)CO)OC2OC(C)(C)O[C@@H]21. The molecule has 0 aromatic carbocycles. The Morgan fingerprint density at radius 2 is 2.17 bits per heavy atom. The van der Waals surface area contributed by atoms with Crippen molar-refractivity contribution < 1.29 is 29.2 Å². The molecule has 0 aromatic heterocycles. The smallest absolute Gasteiger partial charge is 0.190 e. The fourth-order valence-electron chi connectivity index (χ4n) is 2.29. The molecule has 0 spiro atoms. The summed E-state index contributed by atoms with van der Waals surface area (Å²) in [6, 6.07) is 0. The Labute approximate surface area is 106 Å². The second-order valence-corrected chi connectivity index (χ2v) is 4.91. The Kier molecular flexibility index (Phi) is 4.05. The van der Waals surface area contributed by atoms with E-state index in [1.807, 2.05) is 0 Å². The third-order valence-corrected chi connectivity index (χ3v) is 3.00. The van der Waals surface area contributed by atoms with Gasteiger partial charge in [-0.1, -0.05) is 6.08 Å². The molecule has 2 N–H and O–H groups in total. The van der Waals surface area contributed by atoms with Crippen molar-refractivity contribution in [1.29, 1.82) is 0 Å². The van der Waals surface area contributed by atoms with E-state index in [-0.39, 0.29) is 0 Å². The second-order valence-electron chi connectivity index (χ2n) is 4.91. The predicted octanol–water partition coefficient (Wildman–Crippen LogP) is -0.213. The van der Waals surface area contributed by atoms with Gasteiger partial charge < -0.3 is 29.2 Å². The van der Waals surface area contributed by atoms with Crippen LogP contribution in [-0.4, -0.2) is 59.9 Å². The van der Waals surface area contributed by atoms with E-state index in [4.69, 9.17) is 24.1 Å². The zero-order chi connectivity index (χ0) is 13.3. The molecule has 0 aliphatic carbocycles. The summed E-state index contributed by atoms with van der Waals surface area (Å²) < 4.78 is 22.4. The van der Waals surface area contributed by atoms with Crippen molar-refractivity contribution >= 4 is 0 Å². The van der Waals surface area contributed by atoms with Crippen molar-refractivity contribution in [1.82, 2.24) is 0 Å². The minimum absolute atomic E-state index is 0.315. The zero-order valence-electron chi connectivity index (χ0n) is 10.6. The number of aliphatic hydroxyl groups excluding tert-OH is 2. The number of aliphatic hydroxyl groups is 2. The van der Waals surface area contributed by atoms with Gasteiger partial charge in [0.15, 0.2) is 12.1 Å². The first-order valence-corrected chi connectivity index (χ1v) is 6.01. The van der Waals surface area contributed by atoms with Gasteiger partial charge in [0, 0.05) is 0 Å². The molecule has 0 saturated carbocycles. The third kappa shape index (κ3) is 2.59. The van der Waals surface area contributed by atoms with Gasteiger partial charge in [-0.15, -0.1) is 6.58 Å². The van der Waals surface area contributed by atoms with E-state index in [1.54, 1.807) is 19.9 Å². The Balaban J connectivity index is 2.09. The molecule has 18 heavy (non-hydrogen) atoms. The summed E-state index contributed by atoms with van der Waals surface area (Å²) in [7, 11) is 0. The maximum absolute atomic E-state index is 9.72. The lowest BCUT2D eigenvalue weighted by molar-refractivity contribution is -0.230. The lowest BCUT2D eigenvalue weighted by atomic mass is 10.1. The second kappa shape index (κ2) is 5.24. The van der Waals surface area contributed by atoms with Crippen molar-refractivity contribution in [2.45, 2.75) is 50.3 Å². The predicted molar refractivity (Wildman–Crippen MR) is 61.7 cm³/mol. The highest BCUT2D eigenvalue weighted by Crippen LogP contribution is 2.39. The van der Waals surface area contributed by atoms with Crippen LogP contribution in [0.3, 0.4) is 0 Å². The van der Waals surface area contributed by atoms with E-state index >= 15 is 0 Å². The molecule has 0 amide bonds. The standard InChI is InChI=1S/C12H20O6/c1-4-5-15-9-8(7(14)6-13)16-11-10(9)17-12(2,3)18-11/h4,7-11,13-14H,1,5-6H2,2-3H3/t7-,8-,9+,10-,11?/m1/s1. The van der Waals surface area contributed by atoms with Gasteiger partial charge >= 0.3 is 0 Å². The number of hydrogen-bond acceptors (Lipinski definition) is 6. The van der Waals surface area contributed by atoms with Crippen molar-refractivity contribution in [2.75, 3.05) is 13.2 Å². The van der Waals surface area contributed by atoms with Crippen LogP contribution in [0.4, 0.5) is 0 Å². The quantitative estimate of drug-likeness (QED) is 0.666. The van der Waals surface area contributed by atoms with Crippen LogP contribution in [0.1, 0.15) is 13.8 Å². The first-order chi connectivity index (χ1) is 8.48. The first-order valence-electron chi connectivity index (χ1n) is 6.01. The Hall–Kier alpha value is -0.500. The molecule has 0 bridgehead atoms. The van der Waals surface area contributed by atoms with Crippen LogP contribution in [0.2, 0.25) is 0 Å². The molecule has 5 atom stereocenters. The molecule has 104 valence electrons. The van der Waals surface area contributed by atoms with Crippen LogP contribution in [0.25, 0.3) is 0 Å². The van der Waals surface area contributed by atoms with Gasteiger partial charge in [0.2, 0.25) is 0 Å². The maximum atomic E-state index is 9.72. The number of fused-ring (bicyclic) bond motifs is 1. The largest absolute Gasteiger partial charge is 0.394 e. The summed E-state index contributed by atoms with van der Waals surface area (Å²) in [5, 5.41) is 18.7. The fraction of sp³-hybridized carbons (Fsp3) is 0.833. The molecule has 2 fully saturated rings. The molecule has 2 aliphatic heterocycles. The van der Waals surface area contributed by atoms with Crippen LogP contribution in [0, 0.1) is 0 Å². The first kappa shape index (κ1) is 13.9. The highest BCUT2D eigenvalue weighted by Gasteiger charge is 2.56. The van der Waals surface area contributed by atoms with Crippen LogP contribution in [0.5, 0.6) is 0 Å². The summed E-state index contributed by atoms with van der Waals surface area (Å²) in [4.78, 5) is 0. The van der Waals surface area contributed by atoms with E-state index in [9.17, 15) is 5.11 Å². The molecule has 2 aliphatic rings. The molecular weight excluding hydrogens is 240 g/mol. The zero-order valence-corrected chi connectivity index (χ0v) is 10.6. The molecule has 0 aromatic rings. The molecule has 1 unspecified atom stereocenters. The van der Waals surface area contributed by atoms with Crippen LogP contribution < -0.4 is 0 Å². The van der Waals surface area contributed by atoms with Crippen molar-refractivity contribution in [2.24, 2.45) is 0 Å². The topological polar surface area (TPSA) is 77.4 Å². The van der Waals surface area contributed by atoms with E-state index in [0.717, 1.165) is 0 Å². The highest BCUT2D eigenvalue weighted by atomic mass is 16.8. The fourth-order valence-corrected chi connectivity index (χ4v) is 2.29. The molecule has 2 rings (SSSR count). The lowest BCUT2D eigenvalue weighted by Crippen LogP contribution is -2.44. The van der Waals surface area contributed by atoms with E-state index in [2.05, 4.69) is 6.58 Å². The summed E-state index contributed by atoms with van der Waals surface area (Å²) in [5.41, 5.74) is 0. The van der Waals surface area contributed by atoms with Crippen molar-refractivity contribution in [3.05, 3.63) is 12.7 Å². The molecule has 0 radical (unpaired) electrons. The molecule has 6 heteroatoms. The summed E-state index contributed by atoms with van der Waals surface area (Å²) >= 11 is 0. The Morgan fingerprint density at radius 3 is 2.78 bits per heavy atom. The minimum Gasteiger partial charge on any atom is -0.394 e. The van der Waals surface area contributed by atoms with Crippen LogP contribution in [0.15, 0.2) is 12.7 Å². The average molecular weight is 260 g/mol. The average Bonchev–Trinajstić information content (AvgIpc) is 2.77. The van der Waals surface area contributed by atoms with Gasteiger partial charge in [0.05, 0.1) is 13.2 Å². The number of ether oxygens (including phenoxy) is 4. The monoisotopic (exact) mass is 260 g/mol. The highest BCUT2D eigenvalue weighted by molar-refractivity contribution is 4.97. The third-order valence-electron chi connectivity index (χ3n) is 3.00. The maximum Gasteiger partial charge on any atom is 0.190 e. The molecule has 2 heterocycles. The van der Waals surface area contributed by atoms with Gasteiger partial charge in [-0.05, 0) is 13.8 Å². The minimum atomic E-state index is -1.03. The van der Waals surface area contributed by atoms with Gasteiger partial charge in [-0.3, -0.25) is 0 Å². The van der Waals surface area contributed by atoms with Crippen molar-refractivity contribution in [3.63, 3.8) is 0 Å². The van der Waals surface area contributed by atoms with Gasteiger partial charge in [0.25, 0.3) is 0 Å². The summed E-state index contributed by atoms with van der Waals surface area (Å²) in [6.07, 6.45) is -1.57. The molecule has 2 saturated heterocycles. The van der Waals surface area contributed by atoms with E-state index in [0.29, 0.717) is 6.61 Å². The Morgan fingerprint density at radius 1 is 1.44 bits per heavy atom. The van der Waals surface area contributed by atoms with Gasteiger partial charge in [-0.25, -0.2) is 0 Å². The molecule has 6 nitrogen and oxygen atoms in total. The van der Waals surface area contributed by atoms with Gasteiger partial charge in [-0.2, -0.15) is 0 Å². The van der Waals surface area contributed by atoms with E-state index in [1.165, 1.54) is 0 Å².